The van der Waals surface area contributed by atoms with E-state index in [4.69, 9.17) is 0 Å². The molecule has 2 N–H and O–H groups in total. The minimum Gasteiger partial charge on any atom is -0.385 e. The van der Waals surface area contributed by atoms with Gasteiger partial charge in [0.2, 0.25) is 5.91 Å². The first-order valence-corrected chi connectivity index (χ1v) is 8.17. The van der Waals surface area contributed by atoms with Crippen LogP contribution in [0.5, 0.6) is 0 Å². The zero-order chi connectivity index (χ0) is 16.8. The van der Waals surface area contributed by atoms with E-state index in [0.717, 1.165) is 16.9 Å². The Labute approximate surface area is 139 Å². The Bertz CT molecular complexity index is 660. The van der Waals surface area contributed by atoms with E-state index in [2.05, 4.69) is 49.6 Å². The number of hydrogen-bond acceptors (Lipinski definition) is 2. The van der Waals surface area contributed by atoms with E-state index in [9.17, 15) is 4.79 Å². The van der Waals surface area contributed by atoms with Crippen molar-refractivity contribution >= 4 is 17.3 Å². The normalized spacial score (nSPS) is 10.7. The van der Waals surface area contributed by atoms with Crippen molar-refractivity contribution in [3.8, 4) is 0 Å². The van der Waals surface area contributed by atoms with Crippen LogP contribution in [-0.2, 0) is 4.79 Å². The van der Waals surface area contributed by atoms with Gasteiger partial charge >= 0.3 is 0 Å². The fraction of sp³-hybridized carbons (Fsp3) is 0.350. The molecule has 23 heavy (non-hydrogen) atoms. The van der Waals surface area contributed by atoms with E-state index < -0.39 is 0 Å². The van der Waals surface area contributed by atoms with Crippen LogP contribution in [0.25, 0.3) is 0 Å². The van der Waals surface area contributed by atoms with Crippen LogP contribution < -0.4 is 10.6 Å². The van der Waals surface area contributed by atoms with Crippen molar-refractivity contribution in [2.75, 3.05) is 17.2 Å². The van der Waals surface area contributed by atoms with Crippen LogP contribution in [0.4, 0.5) is 11.4 Å². The van der Waals surface area contributed by atoms with E-state index in [1.54, 1.807) is 0 Å². The molecule has 2 rings (SSSR count). The molecule has 0 aliphatic carbocycles. The summed E-state index contributed by atoms with van der Waals surface area (Å²) in [4.78, 5) is 12.2. The highest BCUT2D eigenvalue weighted by molar-refractivity contribution is 5.92. The van der Waals surface area contributed by atoms with Gasteiger partial charge in [0.1, 0.15) is 0 Å². The molecule has 0 aromatic heterocycles. The van der Waals surface area contributed by atoms with Crippen molar-refractivity contribution in [1.29, 1.82) is 0 Å². The molecule has 0 saturated carbocycles. The van der Waals surface area contributed by atoms with E-state index in [1.807, 2.05) is 31.2 Å². The van der Waals surface area contributed by atoms with Gasteiger partial charge in [-0.25, -0.2) is 0 Å². The molecule has 0 heterocycles. The van der Waals surface area contributed by atoms with Crippen LogP contribution in [0, 0.1) is 13.8 Å². The standard InChI is InChI=1S/C20H26N2O/c1-14(2)18-7-5-6-16(4)20(18)22-19(23)12-13-21-17-10-8-15(3)9-11-17/h5-11,14,21H,12-13H2,1-4H3,(H,22,23). The van der Waals surface area contributed by atoms with Crippen LogP contribution in [-0.4, -0.2) is 12.5 Å². The topological polar surface area (TPSA) is 41.1 Å². The van der Waals surface area contributed by atoms with Crippen LogP contribution in [0.3, 0.4) is 0 Å². The predicted molar refractivity (Wildman–Crippen MR) is 98.2 cm³/mol. The van der Waals surface area contributed by atoms with Gasteiger partial charge in [0.15, 0.2) is 0 Å². The van der Waals surface area contributed by atoms with Crippen LogP contribution in [0.1, 0.15) is 42.9 Å². The molecule has 0 aliphatic rings. The van der Waals surface area contributed by atoms with E-state index in [1.165, 1.54) is 11.1 Å². The highest BCUT2D eigenvalue weighted by Gasteiger charge is 2.11. The Morgan fingerprint density at radius 3 is 2.39 bits per heavy atom. The molecule has 0 bridgehead atoms. The zero-order valence-corrected chi connectivity index (χ0v) is 14.4. The molecule has 3 nitrogen and oxygen atoms in total. The van der Waals surface area contributed by atoms with Crippen LogP contribution >= 0.6 is 0 Å². The Kier molecular flexibility index (Phi) is 5.80. The summed E-state index contributed by atoms with van der Waals surface area (Å²) >= 11 is 0. The Hall–Kier alpha value is -2.29. The molecule has 122 valence electrons. The van der Waals surface area contributed by atoms with E-state index >= 15 is 0 Å². The van der Waals surface area contributed by atoms with Gasteiger partial charge in [-0.05, 0) is 43.0 Å². The molecule has 0 spiro atoms. The lowest BCUT2D eigenvalue weighted by molar-refractivity contribution is -0.115. The Morgan fingerprint density at radius 1 is 1.04 bits per heavy atom. The lowest BCUT2D eigenvalue weighted by atomic mass is 9.98. The molecule has 0 radical (unpaired) electrons. The first-order chi connectivity index (χ1) is 11.0. The number of rotatable bonds is 6. The monoisotopic (exact) mass is 310 g/mol. The minimum absolute atomic E-state index is 0.0424. The zero-order valence-electron chi connectivity index (χ0n) is 14.4. The van der Waals surface area contributed by atoms with Crippen molar-refractivity contribution in [1.82, 2.24) is 0 Å². The maximum Gasteiger partial charge on any atom is 0.226 e. The van der Waals surface area contributed by atoms with Crippen molar-refractivity contribution in [3.63, 3.8) is 0 Å². The second kappa shape index (κ2) is 7.82. The first kappa shape index (κ1) is 17.1. The largest absolute Gasteiger partial charge is 0.385 e. The number of para-hydroxylation sites is 1. The number of aryl methyl sites for hydroxylation is 2. The molecule has 3 heteroatoms. The highest BCUT2D eigenvalue weighted by Crippen LogP contribution is 2.27. The number of anilines is 2. The smallest absolute Gasteiger partial charge is 0.226 e. The van der Waals surface area contributed by atoms with Crippen LogP contribution in [0.15, 0.2) is 42.5 Å². The maximum atomic E-state index is 12.2. The number of amides is 1. The third kappa shape index (κ3) is 4.85. The summed E-state index contributed by atoms with van der Waals surface area (Å²) in [5, 5.41) is 6.36. The Balaban J connectivity index is 1.91. The van der Waals surface area contributed by atoms with Gasteiger partial charge in [0.25, 0.3) is 0 Å². The SMILES string of the molecule is Cc1ccc(NCCC(=O)Nc2c(C)cccc2C(C)C)cc1. The fourth-order valence-electron chi connectivity index (χ4n) is 2.54. The van der Waals surface area contributed by atoms with Crippen molar-refractivity contribution < 1.29 is 4.79 Å². The molecule has 0 fully saturated rings. The minimum atomic E-state index is 0.0424. The summed E-state index contributed by atoms with van der Waals surface area (Å²) in [6.07, 6.45) is 0.444. The van der Waals surface area contributed by atoms with Gasteiger partial charge in [-0.3, -0.25) is 4.79 Å². The molecule has 0 atom stereocenters. The molecule has 2 aromatic carbocycles. The lowest BCUT2D eigenvalue weighted by Gasteiger charge is -2.16. The van der Waals surface area contributed by atoms with Gasteiger partial charge in [0.05, 0.1) is 0 Å². The predicted octanol–water partition coefficient (Wildman–Crippen LogP) is 4.87. The summed E-state index contributed by atoms with van der Waals surface area (Å²) in [6, 6.07) is 14.3. The second-order valence-corrected chi connectivity index (χ2v) is 6.28. The molecule has 0 unspecified atom stereocenters. The summed E-state index contributed by atoms with van der Waals surface area (Å²) in [7, 11) is 0. The van der Waals surface area contributed by atoms with E-state index in [0.29, 0.717) is 18.9 Å². The van der Waals surface area contributed by atoms with Crippen LogP contribution in [0.2, 0.25) is 0 Å². The third-order valence-electron chi connectivity index (χ3n) is 3.92. The number of nitrogens with one attached hydrogen (secondary N) is 2. The number of carbonyl (C=O) groups is 1. The summed E-state index contributed by atoms with van der Waals surface area (Å²) in [5.41, 5.74) is 5.53. The maximum absolute atomic E-state index is 12.2. The van der Waals surface area contributed by atoms with Crippen molar-refractivity contribution in [2.24, 2.45) is 0 Å². The quantitative estimate of drug-likeness (QED) is 0.799. The van der Waals surface area contributed by atoms with E-state index in [-0.39, 0.29) is 5.91 Å². The van der Waals surface area contributed by atoms with Gasteiger partial charge < -0.3 is 10.6 Å². The lowest BCUT2D eigenvalue weighted by Crippen LogP contribution is -2.18. The molecule has 0 saturated heterocycles. The molecule has 0 aliphatic heterocycles. The number of benzene rings is 2. The highest BCUT2D eigenvalue weighted by atomic mass is 16.1. The molecular formula is C20H26N2O. The average molecular weight is 310 g/mol. The summed E-state index contributed by atoms with van der Waals surface area (Å²) in [6.45, 7) is 9.00. The second-order valence-electron chi connectivity index (χ2n) is 6.28. The van der Waals surface area contributed by atoms with Crippen molar-refractivity contribution in [3.05, 3.63) is 59.2 Å². The Morgan fingerprint density at radius 2 is 1.74 bits per heavy atom. The molecule has 1 amide bonds. The first-order valence-electron chi connectivity index (χ1n) is 8.17. The molecule has 2 aromatic rings. The molecular weight excluding hydrogens is 284 g/mol. The van der Waals surface area contributed by atoms with Gasteiger partial charge in [-0.15, -0.1) is 0 Å². The average Bonchev–Trinajstić information content (AvgIpc) is 2.51. The number of carbonyl (C=O) groups excluding carboxylic acids is 1. The third-order valence-corrected chi connectivity index (χ3v) is 3.92. The van der Waals surface area contributed by atoms with Crippen molar-refractivity contribution in [2.45, 2.75) is 40.0 Å². The number of hydrogen-bond donors (Lipinski definition) is 2. The summed E-state index contributed by atoms with van der Waals surface area (Å²) in [5.74, 6) is 0.427. The summed E-state index contributed by atoms with van der Waals surface area (Å²) < 4.78 is 0. The van der Waals surface area contributed by atoms with Gasteiger partial charge in [-0.1, -0.05) is 49.7 Å². The van der Waals surface area contributed by atoms with Gasteiger partial charge in [-0.2, -0.15) is 0 Å². The van der Waals surface area contributed by atoms with Gasteiger partial charge in [0, 0.05) is 24.3 Å². The fourth-order valence-corrected chi connectivity index (χ4v) is 2.54.